The van der Waals surface area contributed by atoms with Gasteiger partial charge >= 0.3 is 0 Å². The van der Waals surface area contributed by atoms with Crippen molar-refractivity contribution in [3.8, 4) is 0 Å². The zero-order chi connectivity index (χ0) is 13.8. The molecule has 0 aliphatic rings. The number of halogens is 1. The minimum atomic E-state index is -0.105. The Kier molecular flexibility index (Phi) is 4.71. The highest BCUT2D eigenvalue weighted by molar-refractivity contribution is 14.1. The average Bonchev–Trinajstić information content (AvgIpc) is 2.38. The normalized spacial score (nSPS) is 10.7. The van der Waals surface area contributed by atoms with E-state index in [-0.39, 0.29) is 5.56 Å². The van der Waals surface area contributed by atoms with Crippen LogP contribution in [0, 0.1) is 10.5 Å². The van der Waals surface area contributed by atoms with Crippen molar-refractivity contribution in [1.29, 1.82) is 0 Å². The predicted molar refractivity (Wildman–Crippen MR) is 82.3 cm³/mol. The molecule has 0 radical (unpaired) electrons. The van der Waals surface area contributed by atoms with Crippen molar-refractivity contribution in [1.82, 2.24) is 9.97 Å². The number of aromatic nitrogens is 2. The number of rotatable bonds is 4. The number of aromatic amines is 1. The summed E-state index contributed by atoms with van der Waals surface area (Å²) in [5.74, 6) is 0.673. The number of nitrogens with one attached hydrogen (secondary N) is 1. The molecule has 4 nitrogen and oxygen atoms in total. The second kappa shape index (κ2) is 6.29. The van der Waals surface area contributed by atoms with Gasteiger partial charge < -0.3 is 9.72 Å². The summed E-state index contributed by atoms with van der Waals surface area (Å²) in [6, 6.07) is 8.09. The number of hydrogen-bond acceptors (Lipinski definition) is 3. The molecule has 0 amide bonds. The summed E-state index contributed by atoms with van der Waals surface area (Å²) < 4.78 is 5.66. The van der Waals surface area contributed by atoms with Crippen LogP contribution in [0.5, 0.6) is 0 Å². The molecule has 5 heteroatoms. The number of methoxy groups -OCH3 is 1. The first kappa shape index (κ1) is 14.2. The highest BCUT2D eigenvalue weighted by Crippen LogP contribution is 2.12. The Morgan fingerprint density at radius 2 is 2.11 bits per heavy atom. The summed E-state index contributed by atoms with van der Waals surface area (Å²) in [5.41, 5.74) is 2.94. The van der Waals surface area contributed by atoms with E-state index in [1.54, 1.807) is 7.11 Å². The van der Waals surface area contributed by atoms with Gasteiger partial charge in [0.2, 0.25) is 0 Å². The summed E-state index contributed by atoms with van der Waals surface area (Å²) in [6.45, 7) is 2.40. The molecule has 0 saturated heterocycles. The van der Waals surface area contributed by atoms with Gasteiger partial charge in [0, 0.05) is 13.5 Å². The van der Waals surface area contributed by atoms with Crippen LogP contribution in [0.2, 0.25) is 0 Å². The topological polar surface area (TPSA) is 55.0 Å². The number of benzene rings is 1. The van der Waals surface area contributed by atoms with Crippen molar-refractivity contribution in [2.45, 2.75) is 20.0 Å². The molecule has 1 aromatic heterocycles. The van der Waals surface area contributed by atoms with Crippen LogP contribution in [0.3, 0.4) is 0 Å². The summed E-state index contributed by atoms with van der Waals surface area (Å²) in [5, 5.41) is 0. The largest absolute Gasteiger partial charge is 0.378 e. The van der Waals surface area contributed by atoms with Gasteiger partial charge in [-0.1, -0.05) is 24.3 Å². The van der Waals surface area contributed by atoms with Gasteiger partial charge in [-0.2, -0.15) is 0 Å². The van der Waals surface area contributed by atoms with Gasteiger partial charge in [-0.25, -0.2) is 4.98 Å². The van der Waals surface area contributed by atoms with Crippen molar-refractivity contribution in [3.63, 3.8) is 0 Å². The first-order valence-corrected chi connectivity index (χ1v) is 7.00. The van der Waals surface area contributed by atoms with Gasteiger partial charge in [0.1, 0.15) is 9.39 Å². The first-order chi connectivity index (χ1) is 9.11. The number of H-pyrrole nitrogens is 1. The summed E-state index contributed by atoms with van der Waals surface area (Å²) in [7, 11) is 1.60. The van der Waals surface area contributed by atoms with Crippen molar-refractivity contribution < 1.29 is 4.74 Å². The lowest BCUT2D eigenvalue weighted by Crippen LogP contribution is -2.19. The number of aryl methyl sites for hydroxylation is 1. The second-order valence-electron chi connectivity index (χ2n) is 4.31. The molecule has 19 heavy (non-hydrogen) atoms. The fourth-order valence-electron chi connectivity index (χ4n) is 1.86. The Hall–Kier alpha value is -1.21. The minimum Gasteiger partial charge on any atom is -0.378 e. The Labute approximate surface area is 125 Å². The Bertz CT molecular complexity index is 638. The Balaban J connectivity index is 2.36. The maximum atomic E-state index is 11.9. The molecule has 0 atom stereocenters. The molecule has 0 saturated carbocycles. The van der Waals surface area contributed by atoms with Crippen LogP contribution in [0.25, 0.3) is 0 Å². The smallest absolute Gasteiger partial charge is 0.264 e. The average molecular weight is 370 g/mol. The summed E-state index contributed by atoms with van der Waals surface area (Å²) >= 11 is 2.00. The molecular formula is C14H15IN2O2. The van der Waals surface area contributed by atoms with Gasteiger partial charge in [0.15, 0.2) is 0 Å². The molecule has 0 aliphatic carbocycles. The lowest BCUT2D eigenvalue weighted by atomic mass is 10.1. The van der Waals surface area contributed by atoms with Crippen molar-refractivity contribution in [2.75, 3.05) is 7.11 Å². The van der Waals surface area contributed by atoms with Crippen LogP contribution in [0.1, 0.15) is 22.6 Å². The monoisotopic (exact) mass is 370 g/mol. The summed E-state index contributed by atoms with van der Waals surface area (Å²) in [4.78, 5) is 19.1. The molecule has 0 bridgehead atoms. The van der Waals surface area contributed by atoms with Crippen LogP contribution >= 0.6 is 22.6 Å². The van der Waals surface area contributed by atoms with E-state index in [0.717, 1.165) is 5.56 Å². The van der Waals surface area contributed by atoms with Crippen LogP contribution in [-0.2, 0) is 17.8 Å². The molecule has 0 fully saturated rings. The number of hydrogen-bond donors (Lipinski definition) is 1. The molecule has 2 aromatic rings. The molecule has 100 valence electrons. The van der Waals surface area contributed by atoms with E-state index in [4.69, 9.17) is 4.74 Å². The first-order valence-electron chi connectivity index (χ1n) is 5.93. The van der Waals surface area contributed by atoms with E-state index in [1.807, 2.05) is 40.8 Å². The van der Waals surface area contributed by atoms with E-state index >= 15 is 0 Å². The summed E-state index contributed by atoms with van der Waals surface area (Å²) in [6.07, 6.45) is 0.621. The Morgan fingerprint density at radius 3 is 2.79 bits per heavy atom. The second-order valence-corrected chi connectivity index (χ2v) is 5.39. The zero-order valence-electron chi connectivity index (χ0n) is 10.9. The maximum Gasteiger partial charge on any atom is 0.264 e. The zero-order valence-corrected chi connectivity index (χ0v) is 13.0. The third-order valence-electron chi connectivity index (χ3n) is 2.88. The van der Waals surface area contributed by atoms with Gasteiger partial charge in [0.05, 0.1) is 12.3 Å². The van der Waals surface area contributed by atoms with Crippen LogP contribution in [0.4, 0.5) is 0 Å². The van der Waals surface area contributed by atoms with Gasteiger partial charge in [-0.05, 0) is 40.6 Å². The van der Waals surface area contributed by atoms with Crippen LogP contribution in [0.15, 0.2) is 29.1 Å². The van der Waals surface area contributed by atoms with E-state index in [9.17, 15) is 4.79 Å². The molecule has 1 heterocycles. The fourth-order valence-corrected chi connectivity index (χ4v) is 2.27. The minimum absolute atomic E-state index is 0.105. The molecule has 0 spiro atoms. The molecule has 2 rings (SSSR count). The number of ether oxygens (including phenoxy) is 1. The van der Waals surface area contributed by atoms with E-state index in [0.29, 0.717) is 28.1 Å². The fraction of sp³-hybridized carbons (Fsp3) is 0.286. The molecule has 1 N–H and O–H groups in total. The number of nitrogens with zero attached hydrogens (tertiary/aromatic N) is 1. The van der Waals surface area contributed by atoms with E-state index < -0.39 is 0 Å². The van der Waals surface area contributed by atoms with Gasteiger partial charge in [-0.15, -0.1) is 0 Å². The van der Waals surface area contributed by atoms with Gasteiger partial charge in [-0.3, -0.25) is 4.79 Å². The quantitative estimate of drug-likeness (QED) is 0.842. The highest BCUT2D eigenvalue weighted by Gasteiger charge is 2.09. The van der Waals surface area contributed by atoms with E-state index in [2.05, 4.69) is 23.0 Å². The molecule has 1 aromatic carbocycles. The third-order valence-corrected chi connectivity index (χ3v) is 3.99. The van der Waals surface area contributed by atoms with Crippen LogP contribution < -0.4 is 5.56 Å². The predicted octanol–water partition coefficient (Wildman–Crippen LogP) is 2.42. The third kappa shape index (κ3) is 3.42. The lowest BCUT2D eigenvalue weighted by Gasteiger charge is -2.08. The molecule has 0 aliphatic heterocycles. The van der Waals surface area contributed by atoms with Gasteiger partial charge in [0.25, 0.3) is 5.56 Å². The maximum absolute atomic E-state index is 11.9. The molecular weight excluding hydrogens is 355 g/mol. The van der Waals surface area contributed by atoms with Crippen molar-refractivity contribution >= 4 is 22.6 Å². The highest BCUT2D eigenvalue weighted by atomic mass is 127. The Morgan fingerprint density at radius 1 is 1.37 bits per heavy atom. The van der Waals surface area contributed by atoms with E-state index in [1.165, 1.54) is 5.56 Å². The standard InChI is InChI=1S/C14H15IN2O2/c1-9-5-3-4-6-10(9)7-12-16-11(8-19-2)13(15)14(18)17-12/h3-6H,7-8H2,1-2H3,(H,16,17,18). The lowest BCUT2D eigenvalue weighted by molar-refractivity contribution is 0.180. The SMILES string of the molecule is COCc1nc(Cc2ccccc2C)[nH]c(=O)c1I. The van der Waals surface area contributed by atoms with Crippen molar-refractivity contribution in [2.24, 2.45) is 0 Å². The molecule has 0 unspecified atom stereocenters. The van der Waals surface area contributed by atoms with Crippen LogP contribution in [-0.4, -0.2) is 17.1 Å². The van der Waals surface area contributed by atoms with Crippen molar-refractivity contribution in [3.05, 3.63) is 60.8 Å².